The van der Waals surface area contributed by atoms with Crippen LogP contribution >= 0.6 is 0 Å². The number of amides is 2. The van der Waals surface area contributed by atoms with Gasteiger partial charge in [-0.2, -0.15) is 0 Å². The molecule has 3 aliphatic rings. The van der Waals surface area contributed by atoms with E-state index in [9.17, 15) is 14.4 Å². The largest absolute Gasteiger partial charge is 0.493 e. The molecule has 2 aliphatic heterocycles. The summed E-state index contributed by atoms with van der Waals surface area (Å²) in [5.74, 6) is -1.63. The molecule has 188 valence electrons. The van der Waals surface area contributed by atoms with Gasteiger partial charge < -0.3 is 26.1 Å². The number of benzene rings is 1. The number of fused-ring (bicyclic) bond motifs is 2. The topological polar surface area (TPSA) is 126 Å². The first-order valence-corrected chi connectivity index (χ1v) is 12.4. The molecule has 5 rings (SSSR count). The Morgan fingerprint density at radius 1 is 1.28 bits per heavy atom. The molecule has 1 saturated heterocycles. The number of hydrogen-bond donors (Lipinski definition) is 4. The fraction of sp³-hybridized carbons (Fsp3) is 0.393. The average molecular weight is 489 g/mol. The number of carbonyl (C=O) groups excluding carboxylic acids is 3. The molecule has 4 atom stereocenters. The van der Waals surface area contributed by atoms with Gasteiger partial charge in [0.15, 0.2) is 5.78 Å². The summed E-state index contributed by atoms with van der Waals surface area (Å²) in [6.07, 6.45) is 12.2. The third-order valence-electron chi connectivity index (χ3n) is 7.43. The van der Waals surface area contributed by atoms with Crippen molar-refractivity contribution in [1.29, 1.82) is 0 Å². The van der Waals surface area contributed by atoms with E-state index in [4.69, 9.17) is 10.5 Å². The number of aromatic amines is 1. The maximum Gasteiger partial charge on any atom is 0.240 e. The van der Waals surface area contributed by atoms with Crippen molar-refractivity contribution in [3.63, 3.8) is 0 Å². The van der Waals surface area contributed by atoms with Gasteiger partial charge in [-0.3, -0.25) is 14.4 Å². The summed E-state index contributed by atoms with van der Waals surface area (Å²) >= 11 is 0. The third kappa shape index (κ3) is 4.37. The quantitative estimate of drug-likeness (QED) is 0.497. The Morgan fingerprint density at radius 2 is 2.08 bits per heavy atom. The molecule has 0 saturated carbocycles. The Morgan fingerprint density at radius 3 is 2.86 bits per heavy atom. The van der Waals surface area contributed by atoms with E-state index < -0.39 is 29.0 Å². The first-order valence-electron chi connectivity index (χ1n) is 12.4. The van der Waals surface area contributed by atoms with Crippen LogP contribution < -0.4 is 16.4 Å². The number of ketones is 1. The summed E-state index contributed by atoms with van der Waals surface area (Å²) in [6, 6.07) is 6.99. The SMILES string of the molecule is CC(C)(N)C(=O)NC(Cc1c[nH]c2ccccc12)C(=O)C1C2C=CC=CC2=CO[C@@]12CCNC(=O)C2. The summed E-state index contributed by atoms with van der Waals surface area (Å²) in [6.45, 7) is 3.65. The van der Waals surface area contributed by atoms with Gasteiger partial charge in [-0.25, -0.2) is 0 Å². The lowest BCUT2D eigenvalue weighted by Crippen LogP contribution is -2.61. The number of allylic oxidation sites excluding steroid dienone is 5. The number of Topliss-reactive ketones (excluding diaryl/α,β-unsaturated/α-hetero) is 1. The number of hydrogen-bond acceptors (Lipinski definition) is 5. The van der Waals surface area contributed by atoms with E-state index >= 15 is 0 Å². The van der Waals surface area contributed by atoms with E-state index in [1.807, 2.05) is 54.8 Å². The van der Waals surface area contributed by atoms with Crippen LogP contribution in [0, 0.1) is 11.8 Å². The molecule has 8 heteroatoms. The molecule has 1 spiro atoms. The van der Waals surface area contributed by atoms with E-state index in [1.165, 1.54) is 0 Å². The van der Waals surface area contributed by atoms with E-state index in [1.54, 1.807) is 20.1 Å². The maximum absolute atomic E-state index is 14.5. The van der Waals surface area contributed by atoms with Crippen molar-refractivity contribution in [2.75, 3.05) is 6.54 Å². The fourth-order valence-electron chi connectivity index (χ4n) is 5.52. The highest BCUT2D eigenvalue weighted by Gasteiger charge is 2.54. The van der Waals surface area contributed by atoms with E-state index in [2.05, 4.69) is 15.6 Å². The molecule has 5 N–H and O–H groups in total. The van der Waals surface area contributed by atoms with Crippen molar-refractivity contribution in [2.45, 2.75) is 50.3 Å². The zero-order valence-electron chi connectivity index (χ0n) is 20.5. The molecule has 36 heavy (non-hydrogen) atoms. The number of nitrogens with two attached hydrogens (primary N) is 1. The second-order valence-corrected chi connectivity index (χ2v) is 10.5. The smallest absolute Gasteiger partial charge is 0.240 e. The number of rotatable bonds is 6. The number of nitrogens with one attached hydrogen (secondary N) is 3. The van der Waals surface area contributed by atoms with Crippen LogP contribution in [-0.2, 0) is 25.5 Å². The van der Waals surface area contributed by atoms with E-state index in [0.29, 0.717) is 13.0 Å². The molecule has 3 unspecified atom stereocenters. The molecule has 2 aromatic rings. The second kappa shape index (κ2) is 9.09. The summed E-state index contributed by atoms with van der Waals surface area (Å²) in [4.78, 5) is 43.3. The van der Waals surface area contributed by atoms with Crippen molar-refractivity contribution < 1.29 is 19.1 Å². The Kier molecular flexibility index (Phi) is 6.08. The normalized spacial score (nSPS) is 26.1. The van der Waals surface area contributed by atoms with Crippen LogP contribution in [0.5, 0.6) is 0 Å². The van der Waals surface area contributed by atoms with E-state index in [0.717, 1.165) is 22.0 Å². The fourth-order valence-corrected chi connectivity index (χ4v) is 5.52. The highest BCUT2D eigenvalue weighted by molar-refractivity contribution is 5.96. The molecule has 1 fully saturated rings. The van der Waals surface area contributed by atoms with Gasteiger partial charge in [0, 0.05) is 42.4 Å². The molecular formula is C28H32N4O4. The zero-order chi connectivity index (χ0) is 25.5. The molecule has 0 bridgehead atoms. The van der Waals surface area contributed by atoms with Crippen molar-refractivity contribution in [1.82, 2.24) is 15.6 Å². The minimum absolute atomic E-state index is 0.0807. The molecule has 3 heterocycles. The highest BCUT2D eigenvalue weighted by atomic mass is 16.5. The van der Waals surface area contributed by atoms with Gasteiger partial charge in [-0.15, -0.1) is 0 Å². The molecule has 1 aromatic carbocycles. The molecule has 0 radical (unpaired) electrons. The maximum atomic E-state index is 14.5. The Balaban J connectivity index is 1.55. The Labute approximate surface area is 210 Å². The molecule has 1 aliphatic carbocycles. The van der Waals surface area contributed by atoms with Crippen LogP contribution in [0.1, 0.15) is 32.3 Å². The zero-order valence-corrected chi connectivity index (χ0v) is 20.5. The number of aromatic nitrogens is 1. The number of para-hydroxylation sites is 1. The van der Waals surface area contributed by atoms with Crippen molar-refractivity contribution in [3.8, 4) is 0 Å². The summed E-state index contributed by atoms with van der Waals surface area (Å²) in [5, 5.41) is 6.78. The van der Waals surface area contributed by atoms with E-state index in [-0.39, 0.29) is 30.4 Å². The van der Waals surface area contributed by atoms with Crippen LogP contribution in [-0.4, -0.2) is 46.3 Å². The second-order valence-electron chi connectivity index (χ2n) is 10.5. The van der Waals surface area contributed by atoms with Gasteiger partial charge in [-0.05, 0) is 31.1 Å². The number of piperidine rings is 1. The van der Waals surface area contributed by atoms with Gasteiger partial charge >= 0.3 is 0 Å². The first-order chi connectivity index (χ1) is 17.2. The van der Waals surface area contributed by atoms with Gasteiger partial charge in [-0.1, -0.05) is 42.5 Å². The first kappa shape index (κ1) is 24.1. The van der Waals surface area contributed by atoms with Crippen molar-refractivity contribution in [3.05, 3.63) is 72.2 Å². The molecular weight excluding hydrogens is 456 g/mol. The monoisotopic (exact) mass is 488 g/mol. The minimum Gasteiger partial charge on any atom is -0.493 e. The third-order valence-corrected chi connectivity index (χ3v) is 7.43. The van der Waals surface area contributed by atoms with Crippen LogP contribution in [0.2, 0.25) is 0 Å². The van der Waals surface area contributed by atoms with Gasteiger partial charge in [0.25, 0.3) is 0 Å². The van der Waals surface area contributed by atoms with Crippen molar-refractivity contribution in [2.24, 2.45) is 17.6 Å². The molecule has 2 amide bonds. The number of ether oxygens (including phenoxy) is 1. The lowest BCUT2D eigenvalue weighted by molar-refractivity contribution is -0.151. The average Bonchev–Trinajstić information content (AvgIpc) is 3.25. The standard InChI is InChI=1S/C28H32N4O4/c1-27(2,29)26(35)32-22(13-18-15-31-21-10-6-5-8-19(18)21)25(34)24-20-9-4-3-7-17(20)16-36-28(24)11-12-30-23(33)14-28/h3-10,15-16,20,22,24,31H,11-14,29H2,1-2H3,(H,30,33)(H,32,35)/t20?,22?,24?,28-/m1/s1. The van der Waals surface area contributed by atoms with Crippen LogP contribution in [0.3, 0.4) is 0 Å². The lowest BCUT2D eigenvalue weighted by atomic mass is 9.65. The van der Waals surface area contributed by atoms with Gasteiger partial charge in [0.1, 0.15) is 5.60 Å². The molecule has 1 aromatic heterocycles. The lowest BCUT2D eigenvalue weighted by Gasteiger charge is -2.48. The summed E-state index contributed by atoms with van der Waals surface area (Å²) in [7, 11) is 0. The van der Waals surface area contributed by atoms with Crippen LogP contribution in [0.15, 0.2) is 66.6 Å². The highest BCUT2D eigenvalue weighted by Crippen LogP contribution is 2.46. The van der Waals surface area contributed by atoms with Crippen LogP contribution in [0.25, 0.3) is 10.9 Å². The number of carbonyl (C=O) groups is 3. The molecule has 8 nitrogen and oxygen atoms in total. The minimum atomic E-state index is -1.16. The summed E-state index contributed by atoms with van der Waals surface area (Å²) < 4.78 is 6.24. The van der Waals surface area contributed by atoms with Gasteiger partial charge in [0.05, 0.1) is 30.2 Å². The Hall–Kier alpha value is -3.65. The number of H-pyrrole nitrogens is 1. The Bertz CT molecular complexity index is 1300. The van der Waals surface area contributed by atoms with Crippen molar-refractivity contribution >= 4 is 28.5 Å². The predicted octanol–water partition coefficient (Wildman–Crippen LogP) is 2.42. The van der Waals surface area contributed by atoms with Crippen LogP contribution in [0.4, 0.5) is 0 Å². The van der Waals surface area contributed by atoms with Gasteiger partial charge in [0.2, 0.25) is 11.8 Å². The summed E-state index contributed by atoms with van der Waals surface area (Å²) in [5.41, 5.74) is 6.70. The predicted molar refractivity (Wildman–Crippen MR) is 137 cm³/mol.